The molecule has 7 nitrogen and oxygen atoms in total. The van der Waals surface area contributed by atoms with Gasteiger partial charge in [0.2, 0.25) is 15.9 Å². The maximum Gasteiger partial charge on any atom is 0.240 e. The maximum absolute atomic E-state index is 14.0. The van der Waals surface area contributed by atoms with Crippen LogP contribution in [0, 0.1) is 5.82 Å². The zero-order chi connectivity index (χ0) is 23.6. The summed E-state index contributed by atoms with van der Waals surface area (Å²) < 4.78 is 42.4. The van der Waals surface area contributed by atoms with Crippen molar-refractivity contribution < 1.29 is 17.6 Å². The van der Waals surface area contributed by atoms with E-state index in [1.165, 1.54) is 6.07 Å². The molecule has 4 rings (SSSR count). The van der Waals surface area contributed by atoms with Crippen LogP contribution in [0.15, 0.2) is 47.4 Å². The summed E-state index contributed by atoms with van der Waals surface area (Å²) in [5.74, 6) is -0.172. The normalized spacial score (nSPS) is 19.1. The van der Waals surface area contributed by atoms with Gasteiger partial charge in [-0.1, -0.05) is 19.1 Å². The van der Waals surface area contributed by atoms with E-state index in [-0.39, 0.29) is 22.7 Å². The number of anilines is 2. The molecule has 33 heavy (non-hydrogen) atoms. The molecule has 178 valence electrons. The predicted octanol–water partition coefficient (Wildman–Crippen LogP) is 2.61. The lowest BCUT2D eigenvalue weighted by Crippen LogP contribution is -2.48. The van der Waals surface area contributed by atoms with Gasteiger partial charge in [-0.2, -0.15) is 0 Å². The first kappa shape index (κ1) is 23.7. The molecule has 2 aromatic rings. The van der Waals surface area contributed by atoms with Crippen LogP contribution in [0.1, 0.15) is 25.8 Å². The molecule has 1 fully saturated rings. The Kier molecular flexibility index (Phi) is 7.02. The van der Waals surface area contributed by atoms with E-state index < -0.39 is 10.0 Å². The van der Waals surface area contributed by atoms with Crippen molar-refractivity contribution in [2.45, 2.75) is 37.6 Å². The summed E-state index contributed by atoms with van der Waals surface area (Å²) in [4.78, 5) is 18.4. The number of hydrogen-bond donors (Lipinski definition) is 1. The van der Waals surface area contributed by atoms with Gasteiger partial charge in [-0.3, -0.25) is 9.69 Å². The minimum Gasteiger partial charge on any atom is -0.367 e. The number of carbonyl (C=O) groups excluding carboxylic acids is 1. The van der Waals surface area contributed by atoms with Gasteiger partial charge in [-0.25, -0.2) is 17.5 Å². The summed E-state index contributed by atoms with van der Waals surface area (Å²) in [5, 5.41) is 0. The Hall–Kier alpha value is -2.49. The largest absolute Gasteiger partial charge is 0.367 e. The summed E-state index contributed by atoms with van der Waals surface area (Å²) in [6, 6.07) is 11.8. The van der Waals surface area contributed by atoms with Crippen LogP contribution in [0.3, 0.4) is 0 Å². The number of carbonyl (C=O) groups is 1. The van der Waals surface area contributed by atoms with Crippen LogP contribution in [0.2, 0.25) is 0 Å². The quantitative estimate of drug-likeness (QED) is 0.668. The molecule has 2 heterocycles. The number of hydrogen-bond acceptors (Lipinski definition) is 5. The number of rotatable bonds is 7. The third-order valence-electron chi connectivity index (χ3n) is 6.43. The van der Waals surface area contributed by atoms with Gasteiger partial charge in [0, 0.05) is 57.4 Å². The Labute approximate surface area is 195 Å². The second-order valence-corrected chi connectivity index (χ2v) is 10.4. The van der Waals surface area contributed by atoms with E-state index in [0.717, 1.165) is 24.3 Å². The van der Waals surface area contributed by atoms with Gasteiger partial charge in [-0.15, -0.1) is 0 Å². The van der Waals surface area contributed by atoms with Gasteiger partial charge in [0.25, 0.3) is 0 Å². The molecule has 0 spiro atoms. The van der Waals surface area contributed by atoms with E-state index in [1.54, 1.807) is 35.2 Å². The van der Waals surface area contributed by atoms with E-state index in [1.807, 2.05) is 24.8 Å². The van der Waals surface area contributed by atoms with Crippen molar-refractivity contribution >= 4 is 27.3 Å². The SMILES string of the molecule is CCC(=O)N1c2ccc(S(=O)(=O)NCCN3CCN(c4ccccc4F)CC3)cc2C[C@H]1C. The number of fused-ring (bicyclic) bond motifs is 1. The van der Waals surface area contributed by atoms with Crippen molar-refractivity contribution in [1.29, 1.82) is 0 Å². The Morgan fingerprint density at radius 3 is 2.52 bits per heavy atom. The molecule has 9 heteroatoms. The van der Waals surface area contributed by atoms with E-state index in [0.29, 0.717) is 44.7 Å². The van der Waals surface area contributed by atoms with Crippen molar-refractivity contribution in [3.63, 3.8) is 0 Å². The van der Waals surface area contributed by atoms with Crippen LogP contribution < -0.4 is 14.5 Å². The van der Waals surface area contributed by atoms with Crippen LogP contribution in [0.5, 0.6) is 0 Å². The van der Waals surface area contributed by atoms with Gasteiger partial charge >= 0.3 is 0 Å². The summed E-state index contributed by atoms with van der Waals surface area (Å²) in [6.07, 6.45) is 1.07. The molecule has 0 saturated carbocycles. The highest BCUT2D eigenvalue weighted by Crippen LogP contribution is 2.34. The lowest BCUT2D eigenvalue weighted by molar-refractivity contribution is -0.118. The predicted molar refractivity (Wildman–Crippen MR) is 128 cm³/mol. The van der Waals surface area contributed by atoms with E-state index >= 15 is 0 Å². The standard InChI is InChI=1S/C24H31FN4O3S/c1-3-24(30)29-18(2)16-19-17-20(8-9-22(19)29)33(31,32)26-10-11-27-12-14-28(15-13-27)23-7-5-4-6-21(23)25/h4-9,17-18,26H,3,10-16H2,1-2H3/t18-/m1/s1. The van der Waals surface area contributed by atoms with Crippen molar-refractivity contribution in [3.05, 3.63) is 53.8 Å². The van der Waals surface area contributed by atoms with Crippen LogP contribution >= 0.6 is 0 Å². The van der Waals surface area contributed by atoms with Gasteiger partial charge in [0.05, 0.1) is 10.6 Å². The molecule has 2 aromatic carbocycles. The fraction of sp³-hybridized carbons (Fsp3) is 0.458. The average molecular weight is 475 g/mol. The lowest BCUT2D eigenvalue weighted by atomic mass is 10.1. The highest BCUT2D eigenvalue weighted by molar-refractivity contribution is 7.89. The fourth-order valence-corrected chi connectivity index (χ4v) is 5.74. The van der Waals surface area contributed by atoms with Crippen molar-refractivity contribution in [2.24, 2.45) is 0 Å². The highest BCUT2D eigenvalue weighted by Gasteiger charge is 2.31. The summed E-state index contributed by atoms with van der Waals surface area (Å²) in [7, 11) is -3.64. The first-order chi connectivity index (χ1) is 15.8. The second-order valence-electron chi connectivity index (χ2n) is 8.64. The van der Waals surface area contributed by atoms with Gasteiger partial charge in [0.15, 0.2) is 0 Å². The zero-order valence-corrected chi connectivity index (χ0v) is 19.9. The Morgan fingerprint density at radius 1 is 1.09 bits per heavy atom. The number of amides is 1. The minimum absolute atomic E-state index is 0.0291. The maximum atomic E-state index is 14.0. The second kappa shape index (κ2) is 9.79. The minimum atomic E-state index is -3.64. The Morgan fingerprint density at radius 2 is 1.82 bits per heavy atom. The number of nitrogens with one attached hydrogen (secondary N) is 1. The zero-order valence-electron chi connectivity index (χ0n) is 19.1. The molecule has 0 aromatic heterocycles. The molecule has 1 saturated heterocycles. The number of para-hydroxylation sites is 1. The number of sulfonamides is 1. The van der Waals surface area contributed by atoms with Crippen LogP contribution in [0.4, 0.5) is 15.8 Å². The van der Waals surface area contributed by atoms with Gasteiger partial charge < -0.3 is 9.80 Å². The molecule has 0 bridgehead atoms. The van der Waals surface area contributed by atoms with Gasteiger partial charge in [-0.05, 0) is 49.2 Å². The Balaban J connectivity index is 1.31. The highest BCUT2D eigenvalue weighted by atomic mass is 32.2. The number of nitrogens with zero attached hydrogens (tertiary/aromatic N) is 3. The monoisotopic (exact) mass is 474 g/mol. The third kappa shape index (κ3) is 5.05. The fourth-order valence-electron chi connectivity index (χ4n) is 4.67. The smallest absolute Gasteiger partial charge is 0.240 e. The lowest BCUT2D eigenvalue weighted by Gasteiger charge is -2.36. The number of benzene rings is 2. The first-order valence-corrected chi connectivity index (χ1v) is 12.9. The van der Waals surface area contributed by atoms with E-state index in [2.05, 4.69) is 9.62 Å². The summed E-state index contributed by atoms with van der Waals surface area (Å²) in [5.41, 5.74) is 2.31. The summed E-state index contributed by atoms with van der Waals surface area (Å²) >= 11 is 0. The Bertz CT molecular complexity index is 1120. The molecule has 0 radical (unpaired) electrons. The van der Waals surface area contributed by atoms with Crippen LogP contribution in [-0.4, -0.2) is 64.5 Å². The molecule has 1 amide bonds. The topological polar surface area (TPSA) is 73.0 Å². The van der Waals surface area contributed by atoms with Crippen molar-refractivity contribution in [2.75, 3.05) is 49.1 Å². The molecular weight excluding hydrogens is 443 g/mol. The van der Waals surface area contributed by atoms with Crippen LogP contribution in [0.25, 0.3) is 0 Å². The number of piperazine rings is 1. The van der Waals surface area contributed by atoms with Gasteiger partial charge in [0.1, 0.15) is 5.82 Å². The van der Waals surface area contributed by atoms with E-state index in [4.69, 9.17) is 0 Å². The number of halogens is 1. The van der Waals surface area contributed by atoms with E-state index in [9.17, 15) is 17.6 Å². The van der Waals surface area contributed by atoms with Crippen molar-refractivity contribution in [3.8, 4) is 0 Å². The first-order valence-electron chi connectivity index (χ1n) is 11.5. The van der Waals surface area contributed by atoms with Crippen LogP contribution in [-0.2, 0) is 21.2 Å². The van der Waals surface area contributed by atoms with Crippen molar-refractivity contribution in [1.82, 2.24) is 9.62 Å². The molecule has 2 aliphatic rings. The molecule has 1 N–H and O–H groups in total. The molecule has 0 aliphatic carbocycles. The molecule has 2 aliphatic heterocycles. The summed E-state index contributed by atoms with van der Waals surface area (Å²) in [6.45, 7) is 7.58. The third-order valence-corrected chi connectivity index (χ3v) is 7.89. The molecule has 1 atom stereocenters. The molecule has 0 unspecified atom stereocenters. The molecular formula is C24H31FN4O3S. The average Bonchev–Trinajstić information content (AvgIpc) is 3.14.